The van der Waals surface area contributed by atoms with Crippen LogP contribution < -0.4 is 4.90 Å². The zero-order valence-corrected chi connectivity index (χ0v) is 20.3. The van der Waals surface area contributed by atoms with E-state index in [0.717, 1.165) is 15.8 Å². The molecule has 0 aliphatic carbocycles. The number of sulfonamides is 1. The first-order valence-corrected chi connectivity index (χ1v) is 13.3. The Morgan fingerprint density at radius 2 is 2.03 bits per heavy atom. The Kier molecular flexibility index (Phi) is 6.45. The second-order valence-electron chi connectivity index (χ2n) is 7.92. The van der Waals surface area contributed by atoms with Crippen molar-refractivity contribution >= 4 is 54.0 Å². The summed E-state index contributed by atoms with van der Waals surface area (Å²) in [6.07, 6.45) is 1.19. The molecule has 31 heavy (non-hydrogen) atoms. The van der Waals surface area contributed by atoms with Gasteiger partial charge in [0.2, 0.25) is 5.91 Å². The molecule has 0 N–H and O–H groups in total. The van der Waals surface area contributed by atoms with E-state index in [2.05, 4.69) is 0 Å². The molecule has 0 unspecified atom stereocenters. The van der Waals surface area contributed by atoms with E-state index in [1.165, 1.54) is 27.0 Å². The molecule has 4 rings (SSSR count). The van der Waals surface area contributed by atoms with Crippen molar-refractivity contribution in [1.82, 2.24) is 14.2 Å². The van der Waals surface area contributed by atoms with Crippen molar-refractivity contribution in [3.8, 4) is 0 Å². The molecule has 1 aliphatic heterocycles. The molecule has 1 aliphatic rings. The maximum Gasteiger partial charge on any atom is 0.253 e. The van der Waals surface area contributed by atoms with Crippen LogP contribution in [-0.2, 0) is 14.8 Å². The Bertz CT molecular complexity index is 1170. The molecule has 3 aromatic rings. The largest absolute Gasteiger partial charge is 0.308 e. The van der Waals surface area contributed by atoms with Crippen LogP contribution in [0.2, 0.25) is 0 Å². The van der Waals surface area contributed by atoms with Crippen molar-refractivity contribution in [2.45, 2.75) is 30.0 Å². The smallest absolute Gasteiger partial charge is 0.253 e. The van der Waals surface area contributed by atoms with E-state index in [-0.39, 0.29) is 10.1 Å². The van der Waals surface area contributed by atoms with E-state index in [0.29, 0.717) is 37.6 Å². The summed E-state index contributed by atoms with van der Waals surface area (Å²) in [7, 11) is 0.214. The zero-order chi connectivity index (χ0) is 22.2. The Hall–Kier alpha value is -1.85. The van der Waals surface area contributed by atoms with Crippen LogP contribution in [0, 0.1) is 6.92 Å². The van der Waals surface area contributed by atoms with Crippen LogP contribution in [0.1, 0.15) is 18.4 Å². The molecule has 166 valence electrons. The predicted molar refractivity (Wildman–Crippen MR) is 126 cm³/mol. The number of carbonyl (C=O) groups excluding carboxylic acids is 1. The number of hydrogen-bond donors (Lipinski definition) is 0. The number of rotatable bonds is 7. The van der Waals surface area contributed by atoms with Gasteiger partial charge in [-0.1, -0.05) is 29.5 Å². The fourth-order valence-electron chi connectivity index (χ4n) is 3.77. The highest BCUT2D eigenvalue weighted by Gasteiger charge is 2.42. The minimum Gasteiger partial charge on any atom is -0.308 e. The van der Waals surface area contributed by atoms with Gasteiger partial charge in [-0.2, -0.15) is 4.31 Å². The first-order chi connectivity index (χ1) is 14.8. The number of aromatic nitrogens is 1. The highest BCUT2D eigenvalue weighted by atomic mass is 32.2. The van der Waals surface area contributed by atoms with Gasteiger partial charge in [0.15, 0.2) is 5.13 Å². The summed E-state index contributed by atoms with van der Waals surface area (Å²) in [6.45, 7) is 3.47. The highest BCUT2D eigenvalue weighted by molar-refractivity contribution is 7.91. The molecular weight excluding hydrogens is 452 g/mol. The van der Waals surface area contributed by atoms with E-state index in [1.807, 2.05) is 44.1 Å². The zero-order valence-electron chi connectivity index (χ0n) is 17.8. The Morgan fingerprint density at radius 1 is 1.23 bits per heavy atom. The van der Waals surface area contributed by atoms with Gasteiger partial charge < -0.3 is 4.90 Å². The molecule has 0 saturated carbocycles. The van der Waals surface area contributed by atoms with Crippen LogP contribution >= 0.6 is 22.7 Å². The van der Waals surface area contributed by atoms with Crippen molar-refractivity contribution in [2.75, 3.05) is 38.6 Å². The lowest BCUT2D eigenvalue weighted by molar-refractivity contribution is -0.121. The number of amides is 1. The second-order valence-corrected chi connectivity index (χ2v) is 12.0. The lowest BCUT2D eigenvalue weighted by Gasteiger charge is -2.29. The summed E-state index contributed by atoms with van der Waals surface area (Å²) in [5.41, 5.74) is 1.95. The number of carbonyl (C=O) groups is 1. The summed E-state index contributed by atoms with van der Waals surface area (Å²) < 4.78 is 29.0. The van der Waals surface area contributed by atoms with Gasteiger partial charge in [-0.25, -0.2) is 13.4 Å². The van der Waals surface area contributed by atoms with Crippen molar-refractivity contribution in [2.24, 2.45) is 0 Å². The minimum absolute atomic E-state index is 0.198. The first-order valence-electron chi connectivity index (χ1n) is 10.2. The van der Waals surface area contributed by atoms with Gasteiger partial charge in [0.25, 0.3) is 10.0 Å². The number of likely N-dealkylation sites (N-methyl/N-ethyl adjacent to an activating group) is 1. The van der Waals surface area contributed by atoms with E-state index in [1.54, 1.807) is 22.4 Å². The normalized spacial score (nSPS) is 17.6. The van der Waals surface area contributed by atoms with Gasteiger partial charge in [0, 0.05) is 19.6 Å². The maximum absolute atomic E-state index is 13.7. The molecule has 1 amide bonds. The monoisotopic (exact) mass is 478 g/mol. The molecule has 1 atom stereocenters. The third-order valence-electron chi connectivity index (χ3n) is 5.42. The predicted octanol–water partition coefficient (Wildman–Crippen LogP) is 3.41. The molecule has 1 fully saturated rings. The van der Waals surface area contributed by atoms with Gasteiger partial charge in [-0.05, 0) is 56.9 Å². The molecule has 3 heterocycles. The van der Waals surface area contributed by atoms with Crippen molar-refractivity contribution < 1.29 is 13.2 Å². The van der Waals surface area contributed by atoms with Crippen LogP contribution in [0.15, 0.2) is 39.9 Å². The molecule has 7 nitrogen and oxygen atoms in total. The van der Waals surface area contributed by atoms with Gasteiger partial charge in [0.05, 0.1) is 10.2 Å². The number of benzene rings is 1. The summed E-state index contributed by atoms with van der Waals surface area (Å²) >= 11 is 2.66. The minimum atomic E-state index is -3.69. The second kappa shape index (κ2) is 8.95. The average Bonchev–Trinajstić information content (AvgIpc) is 3.47. The molecule has 0 spiro atoms. The lowest BCUT2D eigenvalue weighted by Crippen LogP contribution is -2.49. The number of thiazole rings is 1. The fraction of sp³-hybridized carbons (Fsp3) is 0.429. The van der Waals surface area contributed by atoms with Gasteiger partial charge in [-0.3, -0.25) is 9.69 Å². The SMILES string of the molecule is Cc1cccc2sc(N(CCN(C)C)C(=O)[C@@H]3CCCN3S(=O)(=O)c3cccs3)nc12. The maximum atomic E-state index is 13.7. The third kappa shape index (κ3) is 4.40. The van der Waals surface area contributed by atoms with Crippen LogP contribution in [0.5, 0.6) is 0 Å². The van der Waals surface area contributed by atoms with E-state index < -0.39 is 16.1 Å². The number of para-hydroxylation sites is 1. The van der Waals surface area contributed by atoms with E-state index in [9.17, 15) is 13.2 Å². The average molecular weight is 479 g/mol. The number of aryl methyl sites for hydroxylation is 1. The summed E-state index contributed by atoms with van der Waals surface area (Å²) in [6, 6.07) is 8.60. The van der Waals surface area contributed by atoms with Gasteiger partial charge >= 0.3 is 0 Å². The lowest BCUT2D eigenvalue weighted by atomic mass is 10.2. The number of hydrogen-bond acceptors (Lipinski definition) is 7. The fourth-order valence-corrected chi connectivity index (χ4v) is 7.62. The Labute approximate surface area is 191 Å². The Morgan fingerprint density at radius 3 is 2.71 bits per heavy atom. The standard InChI is InChI=1S/C21H26N4O3S3/c1-15-7-4-9-17-19(15)22-21(30-17)24(13-12-23(2)3)20(26)16-8-5-11-25(16)31(27,28)18-10-6-14-29-18/h4,6-7,9-10,14,16H,5,8,11-13H2,1-3H3/t16-/m0/s1. The topological polar surface area (TPSA) is 73.8 Å². The quantitative estimate of drug-likeness (QED) is 0.520. The number of nitrogens with zero attached hydrogens (tertiary/aromatic N) is 4. The van der Waals surface area contributed by atoms with Crippen molar-refractivity contribution in [3.63, 3.8) is 0 Å². The number of fused-ring (bicyclic) bond motifs is 1. The van der Waals surface area contributed by atoms with Gasteiger partial charge in [-0.15, -0.1) is 11.3 Å². The molecule has 1 aromatic carbocycles. The van der Waals surface area contributed by atoms with Crippen LogP contribution in [0.3, 0.4) is 0 Å². The van der Waals surface area contributed by atoms with Crippen LogP contribution in [0.4, 0.5) is 5.13 Å². The third-order valence-corrected chi connectivity index (χ3v) is 9.75. The summed E-state index contributed by atoms with van der Waals surface area (Å²) in [5.74, 6) is -0.198. The molecular formula is C21H26N4O3S3. The molecule has 2 aromatic heterocycles. The molecule has 10 heteroatoms. The van der Waals surface area contributed by atoms with Crippen LogP contribution in [0.25, 0.3) is 10.2 Å². The Balaban J connectivity index is 1.69. The number of thiophene rings is 1. The van der Waals surface area contributed by atoms with Gasteiger partial charge in [0.1, 0.15) is 10.3 Å². The summed E-state index contributed by atoms with van der Waals surface area (Å²) in [5, 5.41) is 2.36. The van der Waals surface area contributed by atoms with E-state index >= 15 is 0 Å². The highest BCUT2D eigenvalue weighted by Crippen LogP contribution is 2.34. The first kappa shape index (κ1) is 22.3. The molecule has 1 saturated heterocycles. The van der Waals surface area contributed by atoms with E-state index in [4.69, 9.17) is 4.98 Å². The summed E-state index contributed by atoms with van der Waals surface area (Å²) in [4.78, 5) is 22.2. The molecule has 0 radical (unpaired) electrons. The van der Waals surface area contributed by atoms with Crippen LogP contribution in [-0.4, -0.2) is 68.3 Å². The van der Waals surface area contributed by atoms with Crippen molar-refractivity contribution in [1.29, 1.82) is 0 Å². The molecule has 0 bridgehead atoms. The number of anilines is 1. The van der Waals surface area contributed by atoms with Crippen molar-refractivity contribution in [3.05, 3.63) is 41.3 Å².